The van der Waals surface area contributed by atoms with Crippen molar-refractivity contribution in [3.8, 4) is 0 Å². The van der Waals surface area contributed by atoms with Gasteiger partial charge in [0, 0.05) is 0 Å². The molecule has 0 saturated carbocycles. The van der Waals surface area contributed by atoms with Gasteiger partial charge in [0.1, 0.15) is 5.60 Å². The Kier molecular flexibility index (Phi) is 11.0. The molecule has 122 valence electrons. The number of hydrogen-bond acceptors (Lipinski definition) is 3. The molecule has 1 N–H and O–H groups in total. The SMILES string of the molecule is CCCCCC=CCC=CC[C@@H](O)CC(=O)OC(C)(C)C. The van der Waals surface area contributed by atoms with E-state index in [4.69, 9.17) is 4.74 Å². The molecule has 3 heteroatoms. The van der Waals surface area contributed by atoms with Crippen LogP contribution in [0.4, 0.5) is 0 Å². The molecule has 0 aromatic heterocycles. The zero-order valence-electron chi connectivity index (χ0n) is 14.1. The van der Waals surface area contributed by atoms with E-state index in [-0.39, 0.29) is 12.4 Å². The summed E-state index contributed by atoms with van der Waals surface area (Å²) in [5.41, 5.74) is -0.491. The maximum absolute atomic E-state index is 11.5. The first-order chi connectivity index (χ1) is 9.85. The maximum atomic E-state index is 11.5. The molecule has 0 saturated heterocycles. The molecule has 0 fully saturated rings. The third-order valence-electron chi connectivity index (χ3n) is 2.81. The number of ether oxygens (including phenoxy) is 1. The Labute approximate surface area is 130 Å². The summed E-state index contributed by atoms with van der Waals surface area (Å²) in [4.78, 5) is 11.5. The molecule has 3 nitrogen and oxygen atoms in total. The highest BCUT2D eigenvalue weighted by Crippen LogP contribution is 2.10. The number of unbranched alkanes of at least 4 members (excludes halogenated alkanes) is 3. The van der Waals surface area contributed by atoms with E-state index in [0.717, 1.165) is 12.8 Å². The summed E-state index contributed by atoms with van der Waals surface area (Å²) in [6, 6.07) is 0. The molecule has 0 aromatic rings. The number of carbonyl (C=O) groups is 1. The van der Waals surface area contributed by atoms with Crippen molar-refractivity contribution in [3.05, 3.63) is 24.3 Å². The topological polar surface area (TPSA) is 46.5 Å². The maximum Gasteiger partial charge on any atom is 0.308 e. The van der Waals surface area contributed by atoms with Gasteiger partial charge < -0.3 is 9.84 Å². The number of hydrogen-bond donors (Lipinski definition) is 1. The van der Waals surface area contributed by atoms with Gasteiger partial charge in [-0.1, -0.05) is 44.1 Å². The van der Waals surface area contributed by atoms with Gasteiger partial charge in [-0.2, -0.15) is 0 Å². The molecule has 21 heavy (non-hydrogen) atoms. The van der Waals surface area contributed by atoms with E-state index in [1.165, 1.54) is 19.3 Å². The lowest BCUT2D eigenvalue weighted by Crippen LogP contribution is -2.26. The van der Waals surface area contributed by atoms with Crippen LogP contribution in [0.1, 0.15) is 72.6 Å². The Bertz CT molecular complexity index is 324. The van der Waals surface area contributed by atoms with Crippen LogP contribution in [0.2, 0.25) is 0 Å². The van der Waals surface area contributed by atoms with Crippen LogP contribution in [-0.2, 0) is 9.53 Å². The molecule has 0 radical (unpaired) electrons. The summed E-state index contributed by atoms with van der Waals surface area (Å²) < 4.78 is 5.17. The van der Waals surface area contributed by atoms with Crippen LogP contribution in [0.15, 0.2) is 24.3 Å². The summed E-state index contributed by atoms with van der Waals surface area (Å²) >= 11 is 0. The minimum atomic E-state index is -0.662. The highest BCUT2D eigenvalue weighted by atomic mass is 16.6. The van der Waals surface area contributed by atoms with E-state index in [2.05, 4.69) is 19.1 Å². The first-order valence-electron chi connectivity index (χ1n) is 8.05. The van der Waals surface area contributed by atoms with Crippen LogP contribution in [0, 0.1) is 0 Å². The van der Waals surface area contributed by atoms with Crippen molar-refractivity contribution in [2.45, 2.75) is 84.3 Å². The van der Waals surface area contributed by atoms with Gasteiger partial charge in [-0.3, -0.25) is 4.79 Å². The first kappa shape index (κ1) is 19.9. The molecule has 0 bridgehead atoms. The Morgan fingerprint density at radius 1 is 1.14 bits per heavy atom. The van der Waals surface area contributed by atoms with Crippen molar-refractivity contribution >= 4 is 5.97 Å². The molecule has 0 amide bonds. The van der Waals surface area contributed by atoms with Crippen LogP contribution < -0.4 is 0 Å². The van der Waals surface area contributed by atoms with Crippen molar-refractivity contribution in [2.75, 3.05) is 0 Å². The zero-order chi connectivity index (χ0) is 16.1. The van der Waals surface area contributed by atoms with Crippen LogP contribution in [0.25, 0.3) is 0 Å². The van der Waals surface area contributed by atoms with Crippen molar-refractivity contribution in [1.29, 1.82) is 0 Å². The van der Waals surface area contributed by atoms with Crippen LogP contribution in [0.3, 0.4) is 0 Å². The van der Waals surface area contributed by atoms with Crippen LogP contribution >= 0.6 is 0 Å². The molecule has 0 unspecified atom stereocenters. The van der Waals surface area contributed by atoms with Gasteiger partial charge in [-0.05, 0) is 46.5 Å². The monoisotopic (exact) mass is 296 g/mol. The lowest BCUT2D eigenvalue weighted by Gasteiger charge is -2.20. The predicted octanol–water partition coefficient (Wildman–Crippen LogP) is 4.55. The number of aliphatic hydroxyl groups is 1. The third-order valence-corrected chi connectivity index (χ3v) is 2.81. The fourth-order valence-electron chi connectivity index (χ4n) is 1.81. The molecule has 0 spiro atoms. The van der Waals surface area contributed by atoms with E-state index in [9.17, 15) is 9.90 Å². The number of esters is 1. The Hall–Kier alpha value is -1.09. The van der Waals surface area contributed by atoms with Crippen LogP contribution in [0.5, 0.6) is 0 Å². The minimum absolute atomic E-state index is 0.0501. The van der Waals surface area contributed by atoms with E-state index >= 15 is 0 Å². The predicted molar refractivity (Wildman–Crippen MR) is 88.1 cm³/mol. The first-order valence-corrected chi connectivity index (χ1v) is 8.05. The molecular formula is C18H32O3. The standard InChI is InChI=1S/C18H32O3/c1-5-6-7-8-9-10-11-12-13-14-16(19)15-17(20)21-18(2,3)4/h9-10,12-13,16,19H,5-8,11,14-15H2,1-4H3/t16-/m1/s1. The van der Waals surface area contributed by atoms with Gasteiger partial charge >= 0.3 is 5.97 Å². The highest BCUT2D eigenvalue weighted by Gasteiger charge is 2.18. The molecular weight excluding hydrogens is 264 g/mol. The second-order valence-electron chi connectivity index (χ2n) is 6.35. The Balaban J connectivity index is 3.70. The number of allylic oxidation sites excluding steroid dienone is 3. The summed E-state index contributed by atoms with van der Waals surface area (Å²) in [5, 5.41) is 9.75. The van der Waals surface area contributed by atoms with Crippen LogP contribution in [-0.4, -0.2) is 22.8 Å². The lowest BCUT2D eigenvalue weighted by atomic mass is 10.1. The zero-order valence-corrected chi connectivity index (χ0v) is 14.1. The Morgan fingerprint density at radius 2 is 1.81 bits per heavy atom. The average Bonchev–Trinajstić information content (AvgIpc) is 2.34. The average molecular weight is 296 g/mol. The quantitative estimate of drug-likeness (QED) is 0.365. The van der Waals surface area contributed by atoms with E-state index < -0.39 is 11.7 Å². The molecule has 0 aliphatic heterocycles. The minimum Gasteiger partial charge on any atom is -0.460 e. The van der Waals surface area contributed by atoms with E-state index in [1.54, 1.807) is 0 Å². The van der Waals surface area contributed by atoms with Gasteiger partial charge in [0.2, 0.25) is 0 Å². The summed E-state index contributed by atoms with van der Waals surface area (Å²) in [6.45, 7) is 7.67. The van der Waals surface area contributed by atoms with Crippen molar-refractivity contribution in [3.63, 3.8) is 0 Å². The summed E-state index contributed by atoms with van der Waals surface area (Å²) in [6.07, 6.45) is 14.0. The number of carbonyl (C=O) groups excluding carboxylic acids is 1. The molecule has 0 rings (SSSR count). The third kappa shape index (κ3) is 15.1. The molecule has 1 atom stereocenters. The number of rotatable bonds is 10. The van der Waals surface area contributed by atoms with Crippen molar-refractivity contribution in [2.24, 2.45) is 0 Å². The molecule has 0 aliphatic carbocycles. The van der Waals surface area contributed by atoms with Crippen molar-refractivity contribution < 1.29 is 14.6 Å². The van der Waals surface area contributed by atoms with E-state index in [0.29, 0.717) is 6.42 Å². The van der Waals surface area contributed by atoms with Gasteiger partial charge in [0.05, 0.1) is 12.5 Å². The van der Waals surface area contributed by atoms with Crippen molar-refractivity contribution in [1.82, 2.24) is 0 Å². The fourth-order valence-corrected chi connectivity index (χ4v) is 1.81. The van der Waals surface area contributed by atoms with Gasteiger partial charge in [0.25, 0.3) is 0 Å². The van der Waals surface area contributed by atoms with Gasteiger partial charge in [-0.25, -0.2) is 0 Å². The summed E-state index contributed by atoms with van der Waals surface area (Å²) in [5.74, 6) is -0.348. The number of aliphatic hydroxyl groups excluding tert-OH is 1. The lowest BCUT2D eigenvalue weighted by molar-refractivity contribution is -0.156. The fraction of sp³-hybridized carbons (Fsp3) is 0.722. The molecule has 0 heterocycles. The molecule has 0 aromatic carbocycles. The van der Waals surface area contributed by atoms with Gasteiger partial charge in [-0.15, -0.1) is 0 Å². The molecule has 0 aliphatic rings. The van der Waals surface area contributed by atoms with Gasteiger partial charge in [0.15, 0.2) is 0 Å². The Morgan fingerprint density at radius 3 is 2.43 bits per heavy atom. The summed E-state index contributed by atoms with van der Waals surface area (Å²) in [7, 11) is 0. The van der Waals surface area contributed by atoms with E-state index in [1.807, 2.05) is 32.9 Å². The highest BCUT2D eigenvalue weighted by molar-refractivity contribution is 5.70. The second-order valence-corrected chi connectivity index (χ2v) is 6.35. The normalized spacial score (nSPS) is 14.0. The smallest absolute Gasteiger partial charge is 0.308 e. The second kappa shape index (κ2) is 11.6. The largest absolute Gasteiger partial charge is 0.460 e.